The van der Waals surface area contributed by atoms with E-state index >= 15 is 0 Å². The standard InChI is InChI=1S/C25H34N2O4S/c1-18(2)16-27(25-20(5)14-21(15-26-25)19(3)4)32(28,29)24-11-9-22(10-12-24)31-17-23-8-6-7-13-30-23/h9-12,14-15,18,23H,3,6-8,13,16-17H2,1-2,4-5H3. The van der Waals surface area contributed by atoms with Crippen LogP contribution in [0.25, 0.3) is 5.57 Å². The summed E-state index contributed by atoms with van der Waals surface area (Å²) >= 11 is 0. The molecule has 1 fully saturated rings. The van der Waals surface area contributed by atoms with Crippen molar-refractivity contribution in [2.24, 2.45) is 5.92 Å². The van der Waals surface area contributed by atoms with Gasteiger partial charge in [-0.3, -0.25) is 0 Å². The summed E-state index contributed by atoms with van der Waals surface area (Å²) in [7, 11) is -3.79. The number of nitrogens with zero attached hydrogens (tertiary/aromatic N) is 2. The van der Waals surface area contributed by atoms with Crippen molar-refractivity contribution in [2.45, 2.75) is 58.0 Å². The molecule has 1 atom stereocenters. The van der Waals surface area contributed by atoms with Gasteiger partial charge in [0, 0.05) is 19.3 Å². The third kappa shape index (κ3) is 5.90. The highest BCUT2D eigenvalue weighted by atomic mass is 32.2. The van der Waals surface area contributed by atoms with Crippen LogP contribution in [0, 0.1) is 12.8 Å². The molecular weight excluding hydrogens is 424 g/mol. The number of hydrogen-bond acceptors (Lipinski definition) is 5. The normalized spacial score (nSPS) is 16.7. The number of ether oxygens (including phenoxy) is 2. The molecular formula is C25H34N2O4S. The maximum Gasteiger partial charge on any atom is 0.265 e. The van der Waals surface area contributed by atoms with Gasteiger partial charge in [0.25, 0.3) is 10.0 Å². The molecule has 2 aromatic rings. The summed E-state index contributed by atoms with van der Waals surface area (Å²) in [6.07, 6.45) is 5.02. The van der Waals surface area contributed by atoms with Crippen LogP contribution in [0.15, 0.2) is 48.0 Å². The van der Waals surface area contributed by atoms with E-state index in [1.54, 1.807) is 30.5 Å². The van der Waals surface area contributed by atoms with E-state index in [1.165, 1.54) is 4.31 Å². The Balaban J connectivity index is 1.82. The van der Waals surface area contributed by atoms with E-state index in [0.717, 1.165) is 42.6 Å². The van der Waals surface area contributed by atoms with Crippen LogP contribution in [0.4, 0.5) is 5.82 Å². The third-order valence-corrected chi connectivity index (χ3v) is 7.20. The minimum absolute atomic E-state index is 0.102. The first-order chi connectivity index (χ1) is 15.2. The van der Waals surface area contributed by atoms with Gasteiger partial charge in [0.1, 0.15) is 18.2 Å². The Bertz CT molecular complexity index is 1030. The molecule has 0 saturated carbocycles. The van der Waals surface area contributed by atoms with Gasteiger partial charge in [-0.25, -0.2) is 17.7 Å². The van der Waals surface area contributed by atoms with Gasteiger partial charge in [0.2, 0.25) is 0 Å². The zero-order chi connectivity index (χ0) is 23.3. The number of aryl methyl sites for hydroxylation is 1. The quantitative estimate of drug-likeness (QED) is 0.515. The van der Waals surface area contributed by atoms with E-state index in [-0.39, 0.29) is 16.9 Å². The molecule has 0 spiro atoms. The Morgan fingerprint density at radius 1 is 1.28 bits per heavy atom. The topological polar surface area (TPSA) is 68.7 Å². The van der Waals surface area contributed by atoms with Gasteiger partial charge in [-0.15, -0.1) is 0 Å². The van der Waals surface area contributed by atoms with Crippen LogP contribution in [0.1, 0.15) is 51.2 Å². The fourth-order valence-corrected chi connectivity index (χ4v) is 5.30. The van der Waals surface area contributed by atoms with Crippen LogP contribution < -0.4 is 9.04 Å². The largest absolute Gasteiger partial charge is 0.491 e. The number of allylic oxidation sites excluding steroid dienone is 1. The smallest absolute Gasteiger partial charge is 0.265 e. The van der Waals surface area contributed by atoms with Gasteiger partial charge >= 0.3 is 0 Å². The second kappa shape index (κ2) is 10.5. The fraction of sp³-hybridized carbons (Fsp3) is 0.480. The summed E-state index contributed by atoms with van der Waals surface area (Å²) in [5.74, 6) is 1.21. The molecule has 174 valence electrons. The van der Waals surface area contributed by atoms with Crippen LogP contribution in [0.5, 0.6) is 5.75 Å². The number of pyridine rings is 1. The fourth-order valence-electron chi connectivity index (χ4n) is 3.66. The average Bonchev–Trinajstić information content (AvgIpc) is 2.77. The van der Waals surface area contributed by atoms with Crippen molar-refractivity contribution in [2.75, 3.05) is 24.1 Å². The molecule has 1 unspecified atom stereocenters. The SMILES string of the molecule is C=C(C)c1cnc(N(CC(C)C)S(=O)(=O)c2ccc(OCC3CCCCO3)cc2)c(C)c1. The molecule has 32 heavy (non-hydrogen) atoms. The highest BCUT2D eigenvalue weighted by molar-refractivity contribution is 7.92. The lowest BCUT2D eigenvalue weighted by Gasteiger charge is -2.27. The van der Waals surface area contributed by atoms with Gasteiger partial charge in [-0.1, -0.05) is 20.4 Å². The summed E-state index contributed by atoms with van der Waals surface area (Å²) in [5, 5.41) is 0. The molecule has 2 heterocycles. The van der Waals surface area contributed by atoms with E-state index < -0.39 is 10.0 Å². The average molecular weight is 459 g/mol. The first kappa shape index (κ1) is 24.3. The number of hydrogen-bond donors (Lipinski definition) is 0. The maximum absolute atomic E-state index is 13.6. The zero-order valence-electron chi connectivity index (χ0n) is 19.5. The highest BCUT2D eigenvalue weighted by Gasteiger charge is 2.28. The number of anilines is 1. The van der Waals surface area contributed by atoms with Gasteiger partial charge in [0.05, 0.1) is 11.0 Å². The molecule has 0 N–H and O–H groups in total. The molecule has 1 saturated heterocycles. The van der Waals surface area contributed by atoms with E-state index in [4.69, 9.17) is 9.47 Å². The van der Waals surface area contributed by atoms with Crippen LogP contribution in [0.2, 0.25) is 0 Å². The molecule has 1 aromatic carbocycles. The Labute approximate surface area is 192 Å². The van der Waals surface area contributed by atoms with Crippen molar-refractivity contribution in [3.8, 4) is 5.75 Å². The van der Waals surface area contributed by atoms with E-state index in [1.807, 2.05) is 33.8 Å². The van der Waals surface area contributed by atoms with Crippen molar-refractivity contribution in [3.63, 3.8) is 0 Å². The lowest BCUT2D eigenvalue weighted by atomic mass is 10.1. The summed E-state index contributed by atoms with van der Waals surface area (Å²) in [6, 6.07) is 8.52. The summed E-state index contributed by atoms with van der Waals surface area (Å²) < 4.78 is 40.0. The molecule has 1 aromatic heterocycles. The molecule has 6 nitrogen and oxygen atoms in total. The monoisotopic (exact) mass is 458 g/mol. The number of rotatable bonds is 9. The highest BCUT2D eigenvalue weighted by Crippen LogP contribution is 2.29. The Kier molecular flexibility index (Phi) is 7.96. The number of sulfonamides is 1. The van der Waals surface area contributed by atoms with E-state index in [2.05, 4.69) is 11.6 Å². The first-order valence-electron chi connectivity index (χ1n) is 11.2. The second-order valence-corrected chi connectivity index (χ2v) is 10.7. The molecule has 3 rings (SSSR count). The number of aromatic nitrogens is 1. The molecule has 0 aliphatic carbocycles. The van der Waals surface area contributed by atoms with E-state index in [0.29, 0.717) is 24.7 Å². The van der Waals surface area contributed by atoms with Crippen molar-refractivity contribution < 1.29 is 17.9 Å². The number of benzene rings is 1. The van der Waals surface area contributed by atoms with Crippen LogP contribution >= 0.6 is 0 Å². The zero-order valence-corrected chi connectivity index (χ0v) is 20.3. The van der Waals surface area contributed by atoms with Crippen molar-refractivity contribution >= 4 is 21.4 Å². The minimum atomic E-state index is -3.79. The molecule has 1 aliphatic heterocycles. The molecule has 0 bridgehead atoms. The Morgan fingerprint density at radius 3 is 2.56 bits per heavy atom. The minimum Gasteiger partial charge on any atom is -0.491 e. The van der Waals surface area contributed by atoms with Crippen molar-refractivity contribution in [1.29, 1.82) is 0 Å². The van der Waals surface area contributed by atoms with Crippen LogP contribution in [0.3, 0.4) is 0 Å². The second-order valence-electron chi connectivity index (χ2n) is 8.85. The third-order valence-electron chi connectivity index (χ3n) is 5.43. The molecule has 1 aliphatic rings. The summed E-state index contributed by atoms with van der Waals surface area (Å²) in [6.45, 7) is 13.3. The van der Waals surface area contributed by atoms with E-state index in [9.17, 15) is 8.42 Å². The van der Waals surface area contributed by atoms with Gasteiger partial charge in [0.15, 0.2) is 0 Å². The van der Waals surface area contributed by atoms with Gasteiger partial charge in [-0.05, 0) is 86.1 Å². The Morgan fingerprint density at radius 2 is 2.00 bits per heavy atom. The predicted octanol–water partition coefficient (Wildman–Crippen LogP) is 5.22. The summed E-state index contributed by atoms with van der Waals surface area (Å²) in [4.78, 5) is 4.70. The lowest BCUT2D eigenvalue weighted by Crippen LogP contribution is -2.35. The lowest BCUT2D eigenvalue weighted by molar-refractivity contribution is -0.0110. The van der Waals surface area contributed by atoms with Gasteiger partial charge < -0.3 is 9.47 Å². The van der Waals surface area contributed by atoms with Crippen LogP contribution in [-0.4, -0.2) is 39.3 Å². The van der Waals surface area contributed by atoms with Crippen molar-refractivity contribution in [1.82, 2.24) is 4.98 Å². The molecule has 7 heteroatoms. The van der Waals surface area contributed by atoms with Gasteiger partial charge in [-0.2, -0.15) is 0 Å². The summed E-state index contributed by atoms with van der Waals surface area (Å²) in [5.41, 5.74) is 2.58. The maximum atomic E-state index is 13.6. The Hall–Kier alpha value is -2.38. The molecule has 0 amide bonds. The predicted molar refractivity (Wildman–Crippen MR) is 129 cm³/mol. The van der Waals surface area contributed by atoms with Crippen LogP contribution in [-0.2, 0) is 14.8 Å². The van der Waals surface area contributed by atoms with Crippen molar-refractivity contribution in [3.05, 3.63) is 54.2 Å². The first-order valence-corrected chi connectivity index (χ1v) is 12.6. The molecule has 0 radical (unpaired) electrons.